The number of benzene rings is 5. The van der Waals surface area contributed by atoms with Gasteiger partial charge in [-0.3, -0.25) is 0 Å². The van der Waals surface area contributed by atoms with Gasteiger partial charge in [-0.25, -0.2) is 4.98 Å². The Morgan fingerprint density at radius 1 is 0.623 bits per heavy atom. The van der Waals surface area contributed by atoms with Crippen molar-refractivity contribution >= 4 is 35.3 Å². The Morgan fingerprint density at radius 3 is 2.16 bits per heavy atom. The zero-order chi connectivity index (χ0) is 41.6. The molecule has 0 saturated heterocycles. The predicted octanol–water partition coefficient (Wildman–Crippen LogP) is 14.1. The summed E-state index contributed by atoms with van der Waals surface area (Å²) in [5.41, 5.74) is 11.4. The van der Waals surface area contributed by atoms with Crippen molar-refractivity contribution < 1.29 is 31.6 Å². The average molecular weight is 992 g/mol. The molecule has 4 aromatic heterocycles. The van der Waals surface area contributed by atoms with E-state index in [4.69, 9.17) is 25.5 Å². The minimum absolute atomic E-state index is 0. The molecule has 61 heavy (non-hydrogen) atoms. The topological polar surface area (TPSA) is 61.0 Å². The molecule has 5 nitrogen and oxygen atoms in total. The predicted molar refractivity (Wildman–Crippen MR) is 247 cm³/mol. The van der Waals surface area contributed by atoms with E-state index < -0.39 is 14.0 Å². The smallest absolute Gasteiger partial charge is 0.497 e. The van der Waals surface area contributed by atoms with Crippen LogP contribution >= 0.6 is 0 Å². The number of nitrogens with zero attached hydrogens (tertiary/aromatic N) is 3. The molecule has 0 amide bonds. The number of rotatable bonds is 9. The number of hydrogen-bond donors (Lipinski definition) is 0. The second-order valence-corrected chi connectivity index (χ2v) is 21.7. The molecule has 0 unspecified atom stereocenters. The van der Waals surface area contributed by atoms with Gasteiger partial charge in [-0.1, -0.05) is 182 Å². The van der Waals surface area contributed by atoms with Crippen LogP contribution in [0.4, 0.5) is 0 Å². The van der Waals surface area contributed by atoms with Gasteiger partial charge in [0.1, 0.15) is 0 Å². The zero-order valence-electron chi connectivity index (χ0n) is 35.4. The van der Waals surface area contributed by atoms with Gasteiger partial charge in [-0.05, 0) is 76.6 Å². The number of ether oxygens (including phenoxy) is 1. The van der Waals surface area contributed by atoms with E-state index >= 15 is 0 Å². The Labute approximate surface area is 374 Å². The maximum Gasteiger partial charge on any atom is 2.00 e. The van der Waals surface area contributed by atoms with E-state index in [-0.39, 0.29) is 21.1 Å². The number of furan rings is 1. The van der Waals surface area contributed by atoms with Crippen molar-refractivity contribution in [3.63, 3.8) is 0 Å². The third-order valence-electron chi connectivity index (χ3n) is 11.6. The molecule has 0 atom stereocenters. The average Bonchev–Trinajstić information content (AvgIpc) is 3.67. The van der Waals surface area contributed by atoms with E-state index in [1.807, 2.05) is 60.8 Å². The first-order valence-corrected chi connectivity index (χ1v) is 24.4. The molecule has 0 bridgehead atoms. The van der Waals surface area contributed by atoms with Gasteiger partial charge in [0.15, 0.2) is 0 Å². The first-order valence-electron chi connectivity index (χ1n) is 21.4. The number of hydrogen-bond acceptors (Lipinski definition) is 5. The van der Waals surface area contributed by atoms with Crippen molar-refractivity contribution in [2.24, 2.45) is 0 Å². The molecule has 10 rings (SSSR count). The number of fused-ring (bicyclic) bond motifs is 3. The fourth-order valence-corrected chi connectivity index (χ4v) is 10.1. The van der Waals surface area contributed by atoms with Crippen LogP contribution in [0.1, 0.15) is 44.9 Å². The minimum Gasteiger partial charge on any atom is -0.497 e. The molecule has 7 heteroatoms. The van der Waals surface area contributed by atoms with Crippen LogP contribution in [0.3, 0.4) is 0 Å². The summed E-state index contributed by atoms with van der Waals surface area (Å²) in [6.07, 6.45) is 8.90. The van der Waals surface area contributed by atoms with Crippen molar-refractivity contribution in [2.45, 2.75) is 57.6 Å². The largest absolute Gasteiger partial charge is 2.00 e. The van der Waals surface area contributed by atoms with Gasteiger partial charge in [0.25, 0.3) is 0 Å². The van der Waals surface area contributed by atoms with Gasteiger partial charge in [0.2, 0.25) is 5.71 Å². The van der Waals surface area contributed by atoms with Crippen LogP contribution in [0.25, 0.3) is 78.1 Å². The Hall–Kier alpha value is -5.94. The molecule has 0 aliphatic heterocycles. The molecule has 5 aromatic carbocycles. The van der Waals surface area contributed by atoms with Crippen LogP contribution in [0, 0.1) is 12.1 Å². The summed E-state index contributed by atoms with van der Waals surface area (Å²) in [4.78, 5) is 14.6. The summed E-state index contributed by atoms with van der Waals surface area (Å²) >= 11 is 0. The summed E-state index contributed by atoms with van der Waals surface area (Å²) in [5.74, 6) is 0.541. The first-order chi connectivity index (χ1) is 29.7. The minimum atomic E-state index is -1.72. The molecular weight excluding hydrogens is 946 g/mol. The van der Waals surface area contributed by atoms with Crippen molar-refractivity contribution in [3.8, 4) is 67.5 Å². The van der Waals surface area contributed by atoms with E-state index in [0.717, 1.165) is 81.2 Å². The Morgan fingerprint density at radius 2 is 1.38 bits per heavy atom. The summed E-state index contributed by atoms with van der Waals surface area (Å²) in [7, 11) is -1.72. The molecule has 302 valence electrons. The van der Waals surface area contributed by atoms with Crippen LogP contribution < -0.4 is 9.92 Å². The monoisotopic (exact) mass is 991 g/mol. The molecule has 1 saturated carbocycles. The van der Waals surface area contributed by atoms with Gasteiger partial charge >= 0.3 is 21.1 Å². The normalized spacial score (nSPS) is 14.0. The Bertz CT molecular complexity index is 3030. The molecule has 1 aliphatic rings. The van der Waals surface area contributed by atoms with Gasteiger partial charge < -0.3 is 19.1 Å². The van der Waals surface area contributed by atoms with Crippen molar-refractivity contribution in [3.05, 3.63) is 170 Å². The Kier molecular flexibility index (Phi) is 11.1. The molecule has 0 radical (unpaired) electrons. The number of pyridine rings is 3. The van der Waals surface area contributed by atoms with Crippen LogP contribution in [-0.4, -0.2) is 23.0 Å². The maximum absolute atomic E-state index is 9.17. The van der Waals surface area contributed by atoms with Crippen molar-refractivity contribution in [1.82, 2.24) is 15.0 Å². The zero-order valence-corrected chi connectivity index (χ0v) is 37.7. The van der Waals surface area contributed by atoms with E-state index in [0.29, 0.717) is 34.1 Å². The van der Waals surface area contributed by atoms with E-state index in [9.17, 15) is 0 Å². The first kappa shape index (κ1) is 39.2. The van der Waals surface area contributed by atoms with Crippen LogP contribution in [0.15, 0.2) is 156 Å². The summed E-state index contributed by atoms with van der Waals surface area (Å²) in [5, 5.41) is 3.08. The standard InChI is InChI=1S/C54H45N3O2Si.Pt/c1-60(2,3)52-20-11-10-18-45(52)41-30-42(49-19-12-13-28-55-49)32-43(31-41)58-44-34-47-46-25-26-50(39-16-8-5-9-17-39)57-54(46)59-53(47)48(35-44)51-33-40(27-29-56-51)38-23-21-37(22-24-38)36-14-6-4-7-15-36;/h5,8-13,16-31,33-34,36H,4,6-7,14-15H2,1-3H3;/q-2;+2/i36D;. The third-order valence-corrected chi connectivity index (χ3v) is 13.6. The molecule has 4 heterocycles. The number of aromatic nitrogens is 3. The molecular formula is C54H45N3O2PtSi. The quantitative estimate of drug-likeness (QED) is 0.107. The van der Waals surface area contributed by atoms with E-state index in [2.05, 4.69) is 117 Å². The molecule has 0 N–H and O–H groups in total. The molecule has 1 aliphatic carbocycles. The summed E-state index contributed by atoms with van der Waals surface area (Å²) in [6, 6.07) is 54.8. The van der Waals surface area contributed by atoms with Crippen LogP contribution in [-0.2, 0) is 21.1 Å². The third kappa shape index (κ3) is 8.40. The Balaban J connectivity index is 0.00000490. The molecule has 0 spiro atoms. The van der Waals surface area contributed by atoms with Crippen molar-refractivity contribution in [1.29, 1.82) is 0 Å². The van der Waals surface area contributed by atoms with Gasteiger partial charge in [0, 0.05) is 36.2 Å². The van der Waals surface area contributed by atoms with Crippen LogP contribution in [0.5, 0.6) is 11.5 Å². The fraction of sp³-hybridized carbons (Fsp3) is 0.167. The van der Waals surface area contributed by atoms with Gasteiger partial charge in [-0.15, -0.1) is 11.6 Å². The summed E-state index contributed by atoms with van der Waals surface area (Å²) in [6.45, 7) is 7.12. The summed E-state index contributed by atoms with van der Waals surface area (Å²) < 4.78 is 22.7. The van der Waals surface area contributed by atoms with Gasteiger partial charge in [0.05, 0.1) is 19.4 Å². The SMILES string of the molecule is [2H]C1(c2ccc(-c3ccnc(-c4[c-]c(Oc5[c-]c(-c6ccccn6)cc(-c6ccccc6[Si](C)(C)C)c5)cc5c4oc4nc(-c6ccccc6)ccc45)c3)cc2)CCCCC1.[Pt+2]. The van der Waals surface area contributed by atoms with Crippen LogP contribution in [0.2, 0.25) is 19.6 Å². The van der Waals surface area contributed by atoms with Gasteiger partial charge in [-0.2, -0.15) is 0 Å². The fourth-order valence-electron chi connectivity index (χ4n) is 8.51. The van der Waals surface area contributed by atoms with E-state index in [1.54, 1.807) is 6.20 Å². The maximum atomic E-state index is 9.17. The van der Waals surface area contributed by atoms with Crippen molar-refractivity contribution in [2.75, 3.05) is 0 Å². The van der Waals surface area contributed by atoms with E-state index in [1.165, 1.54) is 17.2 Å². The molecule has 9 aromatic rings. The molecule has 1 fully saturated rings. The second kappa shape index (κ2) is 17.2. The second-order valence-electron chi connectivity index (χ2n) is 16.7.